The standard InChI is InChI=1S/C15H19ClFN3/c1-4-13-10(9-18-3)14(5-2)20(19-13)15-11(16)7-6-8-12(15)17/h6-8,18H,4-5,9H2,1-3H3. The van der Waals surface area contributed by atoms with Gasteiger partial charge in [0.25, 0.3) is 0 Å². The lowest BCUT2D eigenvalue weighted by atomic mass is 10.1. The van der Waals surface area contributed by atoms with Crippen LogP contribution in [0.25, 0.3) is 5.69 Å². The first-order chi connectivity index (χ1) is 9.63. The van der Waals surface area contributed by atoms with E-state index in [2.05, 4.69) is 10.4 Å². The highest BCUT2D eigenvalue weighted by Crippen LogP contribution is 2.27. The SMILES string of the molecule is CCc1nn(-c2c(F)cccc2Cl)c(CC)c1CNC. The summed E-state index contributed by atoms with van der Waals surface area (Å²) in [5.74, 6) is -0.353. The summed E-state index contributed by atoms with van der Waals surface area (Å²) in [4.78, 5) is 0. The summed E-state index contributed by atoms with van der Waals surface area (Å²) in [7, 11) is 1.90. The summed E-state index contributed by atoms with van der Waals surface area (Å²) < 4.78 is 15.8. The largest absolute Gasteiger partial charge is 0.316 e. The first kappa shape index (κ1) is 15.0. The van der Waals surface area contributed by atoms with Crippen LogP contribution >= 0.6 is 11.6 Å². The second-order valence-corrected chi connectivity index (χ2v) is 5.00. The smallest absolute Gasteiger partial charge is 0.150 e. The van der Waals surface area contributed by atoms with E-state index in [-0.39, 0.29) is 5.82 Å². The zero-order valence-corrected chi connectivity index (χ0v) is 12.8. The number of hydrogen-bond donors (Lipinski definition) is 1. The van der Waals surface area contributed by atoms with Gasteiger partial charge in [0.15, 0.2) is 0 Å². The number of halogens is 2. The first-order valence-corrected chi connectivity index (χ1v) is 7.20. The van der Waals surface area contributed by atoms with Gasteiger partial charge >= 0.3 is 0 Å². The van der Waals surface area contributed by atoms with Gasteiger partial charge in [-0.05, 0) is 32.0 Å². The third-order valence-corrected chi connectivity index (χ3v) is 3.65. The van der Waals surface area contributed by atoms with E-state index in [0.717, 1.165) is 36.3 Å². The lowest BCUT2D eigenvalue weighted by molar-refractivity contribution is 0.605. The van der Waals surface area contributed by atoms with Gasteiger partial charge in [-0.1, -0.05) is 31.5 Å². The van der Waals surface area contributed by atoms with Crippen molar-refractivity contribution in [2.75, 3.05) is 7.05 Å². The maximum atomic E-state index is 14.1. The number of hydrogen-bond acceptors (Lipinski definition) is 2. The highest BCUT2D eigenvalue weighted by Gasteiger charge is 2.19. The summed E-state index contributed by atoms with van der Waals surface area (Å²) in [5.41, 5.74) is 3.46. The maximum absolute atomic E-state index is 14.1. The molecule has 3 nitrogen and oxygen atoms in total. The number of aromatic nitrogens is 2. The molecule has 0 aliphatic heterocycles. The molecule has 1 N–H and O–H groups in total. The van der Waals surface area contributed by atoms with Crippen molar-refractivity contribution in [2.45, 2.75) is 33.2 Å². The summed E-state index contributed by atoms with van der Waals surface area (Å²) in [5, 5.41) is 8.09. The molecule has 1 heterocycles. The Balaban J connectivity index is 2.68. The molecule has 0 aliphatic rings. The van der Waals surface area contributed by atoms with E-state index in [1.807, 2.05) is 20.9 Å². The maximum Gasteiger partial charge on any atom is 0.150 e. The minimum atomic E-state index is -0.353. The van der Waals surface area contributed by atoms with Crippen LogP contribution in [0.2, 0.25) is 5.02 Å². The molecule has 0 atom stereocenters. The number of nitrogens with zero attached hydrogens (tertiary/aromatic N) is 2. The van der Waals surface area contributed by atoms with E-state index in [9.17, 15) is 4.39 Å². The van der Waals surface area contributed by atoms with Crippen LogP contribution in [0.3, 0.4) is 0 Å². The number of para-hydroxylation sites is 1. The molecule has 0 amide bonds. The minimum absolute atomic E-state index is 0.336. The second-order valence-electron chi connectivity index (χ2n) is 4.59. The van der Waals surface area contributed by atoms with Crippen LogP contribution in [-0.4, -0.2) is 16.8 Å². The number of rotatable bonds is 5. The van der Waals surface area contributed by atoms with E-state index in [1.54, 1.807) is 16.8 Å². The van der Waals surface area contributed by atoms with Crippen molar-refractivity contribution in [2.24, 2.45) is 0 Å². The van der Waals surface area contributed by atoms with E-state index in [4.69, 9.17) is 11.6 Å². The van der Waals surface area contributed by atoms with Crippen LogP contribution in [0.4, 0.5) is 4.39 Å². The molecule has 1 aromatic carbocycles. The summed E-state index contributed by atoms with van der Waals surface area (Å²) in [6, 6.07) is 4.70. The quantitative estimate of drug-likeness (QED) is 0.915. The molecule has 20 heavy (non-hydrogen) atoms. The third-order valence-electron chi connectivity index (χ3n) is 3.35. The van der Waals surface area contributed by atoms with Crippen LogP contribution in [0.15, 0.2) is 18.2 Å². The lowest BCUT2D eigenvalue weighted by Gasteiger charge is -2.10. The van der Waals surface area contributed by atoms with Gasteiger partial charge in [-0.3, -0.25) is 0 Å². The van der Waals surface area contributed by atoms with Crippen LogP contribution in [0.1, 0.15) is 30.8 Å². The molecular weight excluding hydrogens is 277 g/mol. The minimum Gasteiger partial charge on any atom is -0.316 e. The van der Waals surface area contributed by atoms with Gasteiger partial charge in [-0.25, -0.2) is 9.07 Å². The van der Waals surface area contributed by atoms with E-state index >= 15 is 0 Å². The zero-order chi connectivity index (χ0) is 14.7. The van der Waals surface area contributed by atoms with Gasteiger partial charge in [0.1, 0.15) is 11.5 Å². The van der Waals surface area contributed by atoms with Crippen molar-refractivity contribution in [1.29, 1.82) is 0 Å². The Morgan fingerprint density at radius 1 is 1.30 bits per heavy atom. The van der Waals surface area contributed by atoms with E-state index in [1.165, 1.54) is 6.07 Å². The third kappa shape index (κ3) is 2.58. The average molecular weight is 296 g/mol. The molecule has 0 spiro atoms. The molecule has 0 aliphatic carbocycles. The fourth-order valence-electron chi connectivity index (χ4n) is 2.44. The summed E-state index contributed by atoms with van der Waals surface area (Å²) >= 11 is 6.16. The van der Waals surface area contributed by atoms with E-state index in [0.29, 0.717) is 10.7 Å². The average Bonchev–Trinajstić information content (AvgIpc) is 2.77. The van der Waals surface area contributed by atoms with Crippen molar-refractivity contribution in [1.82, 2.24) is 15.1 Å². The Hall–Kier alpha value is -1.39. The number of benzene rings is 1. The first-order valence-electron chi connectivity index (χ1n) is 6.82. The van der Waals surface area contributed by atoms with Crippen molar-refractivity contribution < 1.29 is 4.39 Å². The predicted octanol–water partition coefficient (Wildman–Crippen LogP) is 3.51. The number of nitrogens with one attached hydrogen (secondary N) is 1. The van der Waals surface area contributed by atoms with Crippen LogP contribution in [-0.2, 0) is 19.4 Å². The zero-order valence-electron chi connectivity index (χ0n) is 12.0. The molecule has 2 rings (SSSR count). The Bertz CT molecular complexity index is 587. The molecule has 0 bridgehead atoms. The normalized spacial score (nSPS) is 11.1. The molecule has 108 valence electrons. The van der Waals surface area contributed by atoms with Crippen molar-refractivity contribution in [3.05, 3.63) is 46.0 Å². The van der Waals surface area contributed by atoms with Crippen molar-refractivity contribution in [3.8, 4) is 5.69 Å². The van der Waals surface area contributed by atoms with Gasteiger partial charge in [0, 0.05) is 17.8 Å². The fraction of sp³-hybridized carbons (Fsp3) is 0.400. The highest BCUT2D eigenvalue weighted by molar-refractivity contribution is 6.32. The number of aryl methyl sites for hydroxylation is 1. The molecule has 2 aromatic rings. The highest BCUT2D eigenvalue weighted by atomic mass is 35.5. The molecule has 0 radical (unpaired) electrons. The van der Waals surface area contributed by atoms with Crippen LogP contribution in [0, 0.1) is 5.82 Å². The Labute approximate surface area is 123 Å². The van der Waals surface area contributed by atoms with Gasteiger partial charge in [0.05, 0.1) is 10.7 Å². The van der Waals surface area contributed by atoms with Crippen LogP contribution in [0.5, 0.6) is 0 Å². The topological polar surface area (TPSA) is 29.9 Å². The predicted molar refractivity (Wildman–Crippen MR) is 80.1 cm³/mol. The van der Waals surface area contributed by atoms with Crippen molar-refractivity contribution >= 4 is 11.6 Å². The van der Waals surface area contributed by atoms with Gasteiger partial charge in [0.2, 0.25) is 0 Å². The molecule has 5 heteroatoms. The fourth-order valence-corrected chi connectivity index (χ4v) is 2.68. The molecule has 0 fully saturated rings. The van der Waals surface area contributed by atoms with E-state index < -0.39 is 0 Å². The lowest BCUT2D eigenvalue weighted by Crippen LogP contribution is -2.10. The molecular formula is C15H19ClFN3. The summed E-state index contributed by atoms with van der Waals surface area (Å²) in [6.07, 6.45) is 1.58. The molecule has 1 aromatic heterocycles. The van der Waals surface area contributed by atoms with Gasteiger partial charge < -0.3 is 5.32 Å². The molecule has 0 saturated carbocycles. The summed E-state index contributed by atoms with van der Waals surface area (Å²) in [6.45, 7) is 4.81. The monoisotopic (exact) mass is 295 g/mol. The van der Waals surface area contributed by atoms with Crippen LogP contribution < -0.4 is 5.32 Å². The Kier molecular flexibility index (Phi) is 4.78. The van der Waals surface area contributed by atoms with Gasteiger partial charge in [-0.2, -0.15) is 5.10 Å². The Morgan fingerprint density at radius 2 is 2.05 bits per heavy atom. The van der Waals surface area contributed by atoms with Gasteiger partial charge in [-0.15, -0.1) is 0 Å². The molecule has 0 saturated heterocycles. The molecule has 0 unspecified atom stereocenters. The van der Waals surface area contributed by atoms with Crippen molar-refractivity contribution in [3.63, 3.8) is 0 Å². The second kappa shape index (κ2) is 6.37. The Morgan fingerprint density at radius 3 is 2.60 bits per heavy atom.